The van der Waals surface area contributed by atoms with E-state index in [9.17, 15) is 14.4 Å². The molecule has 0 atom stereocenters. The second-order valence-corrected chi connectivity index (χ2v) is 13.4. The summed E-state index contributed by atoms with van der Waals surface area (Å²) in [5, 5.41) is 6.27. The number of piperazine rings is 1. The standard InChI is InChI=1S/C35H40N6O3S/c1-22(2)40-14-16-41(17-15-40)34(43)25-12-13-32(36-20-25)37-29-18-26(21-39(4)35(29)44)27-9-7-10-28(23(27)3)38-33(42)31-19-24-8-5-6-11-30(24)45-31/h7,9-10,12-13,18-22H,5-6,8,11,14-17H2,1-4H3,(H,36,37)(H,38,42). The first kappa shape index (κ1) is 30.7. The Morgan fingerprint density at radius 1 is 0.978 bits per heavy atom. The Morgan fingerprint density at radius 2 is 1.76 bits per heavy atom. The average Bonchev–Trinajstić information content (AvgIpc) is 3.49. The lowest BCUT2D eigenvalue weighted by Gasteiger charge is -2.36. The number of nitrogens with zero attached hydrogens (tertiary/aromatic N) is 4. The molecule has 2 aliphatic rings. The first-order chi connectivity index (χ1) is 21.7. The summed E-state index contributed by atoms with van der Waals surface area (Å²) in [4.78, 5) is 50.1. The van der Waals surface area contributed by atoms with E-state index in [2.05, 4.69) is 34.4 Å². The average molecular weight is 625 g/mol. The van der Waals surface area contributed by atoms with Crippen molar-refractivity contribution in [2.75, 3.05) is 36.8 Å². The number of hydrogen-bond acceptors (Lipinski definition) is 7. The molecular formula is C35H40N6O3S. The smallest absolute Gasteiger partial charge is 0.274 e. The molecule has 1 aliphatic carbocycles. The van der Waals surface area contributed by atoms with Gasteiger partial charge in [0.05, 0.1) is 10.4 Å². The van der Waals surface area contributed by atoms with Crippen molar-refractivity contribution in [3.8, 4) is 11.1 Å². The lowest BCUT2D eigenvalue weighted by atomic mass is 9.99. The second kappa shape index (κ2) is 13.0. The third kappa shape index (κ3) is 6.57. The van der Waals surface area contributed by atoms with E-state index in [1.54, 1.807) is 49.0 Å². The number of fused-ring (bicyclic) bond motifs is 1. The van der Waals surface area contributed by atoms with Gasteiger partial charge in [0, 0.05) is 67.8 Å². The predicted molar refractivity (Wildman–Crippen MR) is 181 cm³/mol. The van der Waals surface area contributed by atoms with Gasteiger partial charge >= 0.3 is 0 Å². The van der Waals surface area contributed by atoms with Gasteiger partial charge in [0.2, 0.25) is 0 Å². The molecule has 0 spiro atoms. The highest BCUT2D eigenvalue weighted by Crippen LogP contribution is 2.32. The SMILES string of the molecule is Cc1c(NC(=O)c2cc3c(s2)CCCC3)cccc1-c1cc(Nc2ccc(C(=O)N3CCN(C(C)C)CC3)cn2)c(=O)n(C)c1. The van der Waals surface area contributed by atoms with Crippen molar-refractivity contribution in [1.82, 2.24) is 19.4 Å². The van der Waals surface area contributed by atoms with E-state index in [-0.39, 0.29) is 17.4 Å². The molecule has 1 saturated heterocycles. The van der Waals surface area contributed by atoms with Crippen molar-refractivity contribution < 1.29 is 9.59 Å². The summed E-state index contributed by atoms with van der Waals surface area (Å²) in [6, 6.07) is 13.6. The molecule has 6 rings (SSSR count). The molecule has 2 N–H and O–H groups in total. The van der Waals surface area contributed by atoms with Gasteiger partial charge in [-0.3, -0.25) is 19.3 Å². The number of aromatic nitrogens is 2. The molecular weight excluding hydrogens is 584 g/mol. The van der Waals surface area contributed by atoms with Crippen LogP contribution in [0.1, 0.15) is 62.7 Å². The van der Waals surface area contributed by atoms with Crippen molar-refractivity contribution >= 4 is 40.3 Å². The Bertz CT molecular complexity index is 1760. The topological polar surface area (TPSA) is 99.6 Å². The predicted octanol–water partition coefficient (Wildman–Crippen LogP) is 5.86. The van der Waals surface area contributed by atoms with Crippen molar-refractivity contribution in [2.45, 2.75) is 52.5 Å². The largest absolute Gasteiger partial charge is 0.336 e. The first-order valence-corrected chi connectivity index (χ1v) is 16.5. The summed E-state index contributed by atoms with van der Waals surface area (Å²) in [7, 11) is 1.71. The third-order valence-corrected chi connectivity index (χ3v) is 10.1. The van der Waals surface area contributed by atoms with Crippen LogP contribution >= 0.6 is 11.3 Å². The van der Waals surface area contributed by atoms with Crippen molar-refractivity contribution in [1.29, 1.82) is 0 Å². The highest BCUT2D eigenvalue weighted by molar-refractivity contribution is 7.14. The Morgan fingerprint density at radius 3 is 2.47 bits per heavy atom. The van der Waals surface area contributed by atoms with E-state index in [0.29, 0.717) is 36.2 Å². The van der Waals surface area contributed by atoms with Crippen LogP contribution in [0.4, 0.5) is 17.2 Å². The molecule has 2 amide bonds. The van der Waals surface area contributed by atoms with E-state index in [0.717, 1.165) is 53.2 Å². The van der Waals surface area contributed by atoms with E-state index in [1.807, 2.05) is 36.1 Å². The summed E-state index contributed by atoms with van der Waals surface area (Å²) in [5.41, 5.74) is 5.37. The summed E-state index contributed by atoms with van der Waals surface area (Å²) >= 11 is 1.60. The first-order valence-electron chi connectivity index (χ1n) is 15.7. The summed E-state index contributed by atoms with van der Waals surface area (Å²) in [6.07, 6.45) is 7.82. The normalized spacial score (nSPS) is 15.2. The molecule has 9 nitrogen and oxygen atoms in total. The van der Waals surface area contributed by atoms with Crippen LogP contribution in [0, 0.1) is 6.92 Å². The lowest BCUT2D eigenvalue weighted by Crippen LogP contribution is -2.50. The van der Waals surface area contributed by atoms with Crippen LogP contribution in [0.25, 0.3) is 11.1 Å². The number of pyridine rings is 2. The Hall–Kier alpha value is -4.28. The Labute approximate surface area is 267 Å². The fourth-order valence-corrected chi connectivity index (χ4v) is 7.32. The lowest BCUT2D eigenvalue weighted by molar-refractivity contribution is 0.0595. The van der Waals surface area contributed by atoms with Gasteiger partial charge in [0.1, 0.15) is 11.5 Å². The van der Waals surface area contributed by atoms with Gasteiger partial charge in [-0.1, -0.05) is 12.1 Å². The molecule has 1 fully saturated rings. The summed E-state index contributed by atoms with van der Waals surface area (Å²) < 4.78 is 1.53. The van der Waals surface area contributed by atoms with Crippen LogP contribution in [0.3, 0.4) is 0 Å². The molecule has 45 heavy (non-hydrogen) atoms. The number of hydrogen-bond donors (Lipinski definition) is 2. The van der Waals surface area contributed by atoms with E-state index < -0.39 is 0 Å². The van der Waals surface area contributed by atoms with Gasteiger partial charge in [-0.2, -0.15) is 0 Å². The minimum Gasteiger partial charge on any atom is -0.336 e. The maximum Gasteiger partial charge on any atom is 0.274 e. The minimum absolute atomic E-state index is 0.0310. The molecule has 4 heterocycles. The minimum atomic E-state index is -0.201. The van der Waals surface area contributed by atoms with Gasteiger partial charge < -0.3 is 20.1 Å². The number of rotatable bonds is 7. The number of benzene rings is 1. The molecule has 1 aliphatic heterocycles. The van der Waals surface area contributed by atoms with Gasteiger partial charge in [-0.05, 0) is 93.5 Å². The highest BCUT2D eigenvalue weighted by atomic mass is 32.1. The highest BCUT2D eigenvalue weighted by Gasteiger charge is 2.24. The van der Waals surface area contributed by atoms with Crippen LogP contribution in [0.15, 0.2) is 59.7 Å². The fraction of sp³-hybridized carbons (Fsp3) is 0.371. The van der Waals surface area contributed by atoms with Crippen LogP contribution < -0.4 is 16.2 Å². The number of amides is 2. The summed E-state index contributed by atoms with van der Waals surface area (Å²) in [6.45, 7) is 9.43. The maximum atomic E-state index is 13.2. The van der Waals surface area contributed by atoms with Crippen molar-refractivity contribution in [3.63, 3.8) is 0 Å². The zero-order valence-electron chi connectivity index (χ0n) is 26.4. The zero-order valence-corrected chi connectivity index (χ0v) is 27.2. The van der Waals surface area contributed by atoms with Gasteiger partial charge in [-0.25, -0.2) is 4.98 Å². The van der Waals surface area contributed by atoms with Crippen molar-refractivity contribution in [3.05, 3.63) is 91.7 Å². The number of aryl methyl sites for hydroxylation is 3. The molecule has 234 valence electrons. The van der Waals surface area contributed by atoms with Gasteiger partial charge in [0.15, 0.2) is 0 Å². The molecule has 0 unspecified atom stereocenters. The van der Waals surface area contributed by atoms with Crippen LogP contribution in [0.2, 0.25) is 0 Å². The van der Waals surface area contributed by atoms with Crippen molar-refractivity contribution in [2.24, 2.45) is 7.05 Å². The molecule has 0 radical (unpaired) electrons. The number of thiophene rings is 1. The monoisotopic (exact) mass is 624 g/mol. The maximum absolute atomic E-state index is 13.2. The molecule has 0 saturated carbocycles. The fourth-order valence-electron chi connectivity index (χ4n) is 6.18. The van der Waals surface area contributed by atoms with E-state index in [4.69, 9.17) is 0 Å². The molecule has 4 aromatic rings. The second-order valence-electron chi connectivity index (χ2n) is 12.2. The van der Waals surface area contributed by atoms with Crippen LogP contribution in [-0.4, -0.2) is 63.4 Å². The molecule has 1 aromatic carbocycles. The molecule has 0 bridgehead atoms. The molecule has 3 aromatic heterocycles. The number of nitrogens with one attached hydrogen (secondary N) is 2. The Balaban J connectivity index is 1.18. The van der Waals surface area contributed by atoms with Crippen LogP contribution in [-0.2, 0) is 19.9 Å². The van der Waals surface area contributed by atoms with E-state index in [1.165, 1.54) is 27.8 Å². The quantitative estimate of drug-likeness (QED) is 0.267. The van der Waals surface area contributed by atoms with Crippen LogP contribution in [0.5, 0.6) is 0 Å². The summed E-state index contributed by atoms with van der Waals surface area (Å²) in [5.74, 6) is 0.349. The Kier molecular flexibility index (Phi) is 8.87. The molecule has 10 heteroatoms. The van der Waals surface area contributed by atoms with Gasteiger partial charge in [-0.15, -0.1) is 11.3 Å². The van der Waals surface area contributed by atoms with Gasteiger partial charge in [0.25, 0.3) is 17.4 Å². The number of carbonyl (C=O) groups excluding carboxylic acids is 2. The number of carbonyl (C=O) groups is 2. The zero-order chi connectivity index (χ0) is 31.7. The van der Waals surface area contributed by atoms with E-state index >= 15 is 0 Å². The third-order valence-electron chi connectivity index (χ3n) is 8.90. The number of anilines is 3.